The van der Waals surface area contributed by atoms with E-state index in [1.165, 1.54) is 12.1 Å². The van der Waals surface area contributed by atoms with Gasteiger partial charge in [-0.15, -0.1) is 24.0 Å². The number of hydrogen-bond acceptors (Lipinski definition) is 3. The van der Waals surface area contributed by atoms with Crippen molar-refractivity contribution in [1.29, 1.82) is 0 Å². The highest BCUT2D eigenvalue weighted by molar-refractivity contribution is 14.0. The van der Waals surface area contributed by atoms with Gasteiger partial charge in [0.1, 0.15) is 11.9 Å². The number of morpholine rings is 1. The topological polar surface area (TPSA) is 46.1 Å². The summed E-state index contributed by atoms with van der Waals surface area (Å²) in [6, 6.07) is 4.86. The second-order valence-electron chi connectivity index (χ2n) is 6.35. The minimum atomic E-state index is -0.255. The normalized spacial score (nSPS) is 23.7. The van der Waals surface area contributed by atoms with E-state index >= 15 is 0 Å². The number of rotatable bonds is 4. The van der Waals surface area contributed by atoms with Crippen molar-refractivity contribution in [1.82, 2.24) is 10.2 Å². The molecule has 146 valence electrons. The zero-order valence-electron chi connectivity index (χ0n) is 14.9. The Kier molecular flexibility index (Phi) is 9.05. The lowest BCUT2D eigenvalue weighted by atomic mass is 10.1. The fourth-order valence-electron chi connectivity index (χ4n) is 3.28. The van der Waals surface area contributed by atoms with Crippen LogP contribution in [-0.2, 0) is 16.0 Å². The molecule has 2 saturated heterocycles. The van der Waals surface area contributed by atoms with Crippen molar-refractivity contribution in [3.63, 3.8) is 0 Å². The maximum Gasteiger partial charge on any atom is 0.194 e. The summed E-state index contributed by atoms with van der Waals surface area (Å²) in [5, 5.41) is 3.34. The Balaban J connectivity index is 0.00000243. The van der Waals surface area contributed by atoms with Crippen LogP contribution in [0.2, 0.25) is 0 Å². The first-order valence-electron chi connectivity index (χ1n) is 8.87. The standard InChI is InChI=1S/C18H25BrFN3O2.HI/c1-2-21-18(22-11-13-8-14(19)10-15(20)9-13)23-5-7-25-17(12-23)16-4-3-6-24-16;/h8-10,16-17H,2-7,11-12H2,1H3,(H,21,22);1H. The van der Waals surface area contributed by atoms with E-state index in [0.717, 1.165) is 55.1 Å². The van der Waals surface area contributed by atoms with Gasteiger partial charge in [0, 0.05) is 30.7 Å². The van der Waals surface area contributed by atoms with Crippen LogP contribution in [0.1, 0.15) is 25.3 Å². The molecule has 5 nitrogen and oxygen atoms in total. The van der Waals surface area contributed by atoms with E-state index in [1.807, 2.05) is 13.0 Å². The molecule has 2 unspecified atom stereocenters. The first kappa shape index (κ1) is 21.8. The molecule has 2 atom stereocenters. The van der Waals surface area contributed by atoms with Gasteiger partial charge in [-0.05, 0) is 43.5 Å². The molecule has 2 aliphatic rings. The number of aliphatic imine (C=N–C) groups is 1. The van der Waals surface area contributed by atoms with Crippen LogP contribution in [0.4, 0.5) is 4.39 Å². The van der Waals surface area contributed by atoms with Gasteiger partial charge in [0.05, 0.1) is 19.3 Å². The number of ether oxygens (including phenoxy) is 2. The lowest BCUT2D eigenvalue weighted by Crippen LogP contribution is -2.53. The maximum atomic E-state index is 13.5. The highest BCUT2D eigenvalue weighted by Crippen LogP contribution is 2.21. The monoisotopic (exact) mass is 541 g/mol. The van der Waals surface area contributed by atoms with Gasteiger partial charge >= 0.3 is 0 Å². The number of hydrogen-bond donors (Lipinski definition) is 1. The first-order chi connectivity index (χ1) is 12.2. The summed E-state index contributed by atoms with van der Waals surface area (Å²) in [6.45, 7) is 6.32. The van der Waals surface area contributed by atoms with Crippen molar-refractivity contribution in [3.8, 4) is 0 Å². The fraction of sp³-hybridized carbons (Fsp3) is 0.611. The van der Waals surface area contributed by atoms with Crippen LogP contribution in [0.3, 0.4) is 0 Å². The molecule has 0 bridgehead atoms. The molecule has 2 aliphatic heterocycles. The second kappa shape index (κ2) is 10.8. The van der Waals surface area contributed by atoms with E-state index in [9.17, 15) is 4.39 Å². The average molecular weight is 542 g/mol. The van der Waals surface area contributed by atoms with E-state index in [1.54, 1.807) is 0 Å². The SMILES string of the molecule is CCNC(=NCc1cc(F)cc(Br)c1)N1CCOC(C2CCCO2)C1.I. The van der Waals surface area contributed by atoms with Crippen LogP contribution in [0.15, 0.2) is 27.7 Å². The molecule has 0 aliphatic carbocycles. The Hall–Kier alpha value is -0.450. The van der Waals surface area contributed by atoms with Crippen molar-refractivity contribution in [2.24, 2.45) is 4.99 Å². The van der Waals surface area contributed by atoms with Gasteiger partial charge in [0.25, 0.3) is 0 Å². The quantitative estimate of drug-likeness (QED) is 0.360. The molecule has 1 aromatic rings. The van der Waals surface area contributed by atoms with Gasteiger partial charge in [-0.3, -0.25) is 0 Å². The molecule has 26 heavy (non-hydrogen) atoms. The molecule has 3 rings (SSSR count). The lowest BCUT2D eigenvalue weighted by molar-refractivity contribution is -0.0817. The largest absolute Gasteiger partial charge is 0.375 e. The molecule has 1 aromatic carbocycles. The summed E-state index contributed by atoms with van der Waals surface area (Å²) in [5.41, 5.74) is 0.839. The highest BCUT2D eigenvalue weighted by atomic mass is 127. The van der Waals surface area contributed by atoms with Crippen molar-refractivity contribution in [2.45, 2.75) is 38.5 Å². The number of nitrogens with one attached hydrogen (secondary N) is 1. The Labute approximate surface area is 179 Å². The van der Waals surface area contributed by atoms with Crippen LogP contribution in [-0.4, -0.2) is 55.9 Å². The molecule has 2 heterocycles. The predicted octanol–water partition coefficient (Wildman–Crippen LogP) is 3.55. The summed E-state index contributed by atoms with van der Waals surface area (Å²) < 4.78 is 26.0. The lowest BCUT2D eigenvalue weighted by Gasteiger charge is -2.37. The number of benzene rings is 1. The smallest absolute Gasteiger partial charge is 0.194 e. The fourth-order valence-corrected chi connectivity index (χ4v) is 3.80. The molecule has 0 radical (unpaired) electrons. The molecule has 0 saturated carbocycles. The molecule has 8 heteroatoms. The number of halogens is 3. The van der Waals surface area contributed by atoms with Crippen molar-refractivity contribution in [3.05, 3.63) is 34.1 Å². The second-order valence-corrected chi connectivity index (χ2v) is 7.27. The van der Waals surface area contributed by atoms with Gasteiger partial charge in [-0.1, -0.05) is 15.9 Å². The Morgan fingerprint density at radius 2 is 2.12 bits per heavy atom. The summed E-state index contributed by atoms with van der Waals surface area (Å²) >= 11 is 3.33. The van der Waals surface area contributed by atoms with Crippen LogP contribution in [0.25, 0.3) is 0 Å². The molecular weight excluding hydrogens is 516 g/mol. The Bertz CT molecular complexity index is 594. The molecule has 0 spiro atoms. The number of nitrogens with zero attached hydrogens (tertiary/aromatic N) is 2. The van der Waals surface area contributed by atoms with E-state index < -0.39 is 0 Å². The first-order valence-corrected chi connectivity index (χ1v) is 9.66. The summed E-state index contributed by atoms with van der Waals surface area (Å²) in [7, 11) is 0. The van der Waals surface area contributed by atoms with E-state index in [-0.39, 0.29) is 42.0 Å². The Morgan fingerprint density at radius 1 is 1.31 bits per heavy atom. The van der Waals surface area contributed by atoms with Gasteiger partial charge in [0.15, 0.2) is 5.96 Å². The number of guanidine groups is 1. The van der Waals surface area contributed by atoms with Crippen LogP contribution < -0.4 is 5.32 Å². The zero-order chi connectivity index (χ0) is 17.6. The van der Waals surface area contributed by atoms with Crippen LogP contribution in [0, 0.1) is 5.82 Å². The molecule has 1 N–H and O–H groups in total. The van der Waals surface area contributed by atoms with E-state index in [2.05, 4.69) is 26.1 Å². The average Bonchev–Trinajstić information content (AvgIpc) is 3.12. The third kappa shape index (κ3) is 6.03. The molecule has 0 amide bonds. The van der Waals surface area contributed by atoms with Gasteiger partial charge in [-0.25, -0.2) is 9.38 Å². The summed E-state index contributed by atoms with van der Waals surface area (Å²) in [4.78, 5) is 6.91. The van der Waals surface area contributed by atoms with E-state index in [0.29, 0.717) is 13.2 Å². The highest BCUT2D eigenvalue weighted by Gasteiger charge is 2.32. The van der Waals surface area contributed by atoms with Gasteiger partial charge in [0.2, 0.25) is 0 Å². The molecule has 0 aromatic heterocycles. The van der Waals surface area contributed by atoms with Crippen LogP contribution in [0.5, 0.6) is 0 Å². The molecular formula is C18H26BrFIN3O2. The van der Waals surface area contributed by atoms with Gasteiger partial charge in [-0.2, -0.15) is 0 Å². The van der Waals surface area contributed by atoms with E-state index in [4.69, 9.17) is 14.5 Å². The van der Waals surface area contributed by atoms with Gasteiger partial charge < -0.3 is 19.7 Å². The Morgan fingerprint density at radius 3 is 2.81 bits per heavy atom. The minimum Gasteiger partial charge on any atom is -0.375 e. The maximum absolute atomic E-state index is 13.5. The minimum absolute atomic E-state index is 0. The van der Waals surface area contributed by atoms with Crippen LogP contribution >= 0.6 is 39.9 Å². The molecule has 2 fully saturated rings. The summed E-state index contributed by atoms with van der Waals surface area (Å²) in [5.74, 6) is 0.587. The third-order valence-corrected chi connectivity index (χ3v) is 4.90. The zero-order valence-corrected chi connectivity index (χ0v) is 18.8. The third-order valence-electron chi connectivity index (χ3n) is 4.44. The van der Waals surface area contributed by atoms with Crippen molar-refractivity contribution >= 4 is 45.9 Å². The predicted molar refractivity (Wildman–Crippen MR) is 115 cm³/mol. The van der Waals surface area contributed by atoms with Crippen molar-refractivity contribution in [2.75, 3.05) is 32.8 Å². The van der Waals surface area contributed by atoms with Crippen molar-refractivity contribution < 1.29 is 13.9 Å². The summed E-state index contributed by atoms with van der Waals surface area (Å²) in [6.07, 6.45) is 2.43.